The van der Waals surface area contributed by atoms with Crippen molar-refractivity contribution in [3.8, 4) is 0 Å². The maximum Gasteiger partial charge on any atom is 0.329 e. The topological polar surface area (TPSA) is 48.3 Å². The van der Waals surface area contributed by atoms with Crippen molar-refractivity contribution in [2.24, 2.45) is 5.92 Å². The van der Waals surface area contributed by atoms with Crippen LogP contribution in [0, 0.1) is 5.92 Å². The van der Waals surface area contributed by atoms with E-state index in [0.29, 0.717) is 18.9 Å². The third-order valence-corrected chi connectivity index (χ3v) is 2.40. The Hall–Kier alpha value is -1.58. The Morgan fingerprint density at radius 3 is 2.65 bits per heavy atom. The Morgan fingerprint density at radius 1 is 1.41 bits per heavy atom. The second kappa shape index (κ2) is 6.23. The largest absolute Gasteiger partial charge is 0.464 e. The summed E-state index contributed by atoms with van der Waals surface area (Å²) in [6, 6.07) is 4.31. The van der Waals surface area contributed by atoms with Gasteiger partial charge in [0.05, 0.1) is 6.61 Å². The summed E-state index contributed by atoms with van der Waals surface area (Å²) in [7, 11) is 0. The van der Waals surface area contributed by atoms with Crippen LogP contribution < -0.4 is 5.56 Å². The fraction of sp³-hybridized carbons (Fsp3) is 0.538. The molecule has 17 heavy (non-hydrogen) atoms. The Morgan fingerprint density at radius 2 is 2.12 bits per heavy atom. The molecule has 0 spiro atoms. The second-order valence-corrected chi connectivity index (χ2v) is 4.39. The third-order valence-electron chi connectivity index (χ3n) is 2.40. The van der Waals surface area contributed by atoms with Gasteiger partial charge in [0.1, 0.15) is 6.04 Å². The van der Waals surface area contributed by atoms with E-state index in [9.17, 15) is 9.59 Å². The van der Waals surface area contributed by atoms with Crippen molar-refractivity contribution < 1.29 is 9.53 Å². The number of aromatic nitrogens is 1. The van der Waals surface area contributed by atoms with Crippen LogP contribution in [0.5, 0.6) is 0 Å². The Balaban J connectivity index is 2.82. The van der Waals surface area contributed by atoms with Crippen molar-refractivity contribution in [2.45, 2.75) is 33.2 Å². The van der Waals surface area contributed by atoms with Crippen LogP contribution in [0.2, 0.25) is 0 Å². The molecule has 94 valence electrons. The first kappa shape index (κ1) is 13.5. The van der Waals surface area contributed by atoms with Crippen LogP contribution in [0.15, 0.2) is 29.2 Å². The first-order valence-electron chi connectivity index (χ1n) is 5.90. The molecule has 0 fully saturated rings. The lowest BCUT2D eigenvalue weighted by atomic mass is 10.2. The van der Waals surface area contributed by atoms with E-state index in [-0.39, 0.29) is 11.5 Å². The zero-order valence-corrected chi connectivity index (χ0v) is 10.6. The van der Waals surface area contributed by atoms with Crippen LogP contribution in [-0.2, 0) is 9.53 Å². The highest BCUT2D eigenvalue weighted by Gasteiger charge is 2.20. The van der Waals surface area contributed by atoms with E-state index in [2.05, 4.69) is 0 Å². The fourth-order valence-electron chi connectivity index (χ4n) is 1.52. The molecule has 1 atom stereocenters. The normalized spacial score (nSPS) is 12.5. The van der Waals surface area contributed by atoms with Gasteiger partial charge in [-0.25, -0.2) is 4.79 Å². The van der Waals surface area contributed by atoms with Gasteiger partial charge in [0.25, 0.3) is 5.56 Å². The Kier molecular flexibility index (Phi) is 4.94. The maximum atomic E-state index is 11.8. The van der Waals surface area contributed by atoms with Crippen molar-refractivity contribution in [3.63, 3.8) is 0 Å². The summed E-state index contributed by atoms with van der Waals surface area (Å²) >= 11 is 0. The highest BCUT2D eigenvalue weighted by atomic mass is 16.5. The molecule has 4 nitrogen and oxygen atoms in total. The summed E-state index contributed by atoms with van der Waals surface area (Å²) in [5.41, 5.74) is -0.180. The molecule has 4 heteroatoms. The zero-order chi connectivity index (χ0) is 12.8. The molecule has 1 heterocycles. The van der Waals surface area contributed by atoms with Crippen LogP contribution in [0.1, 0.15) is 33.2 Å². The number of hydrogen-bond acceptors (Lipinski definition) is 3. The lowest BCUT2D eigenvalue weighted by Gasteiger charge is -2.17. The van der Waals surface area contributed by atoms with Crippen LogP contribution in [-0.4, -0.2) is 17.1 Å². The quantitative estimate of drug-likeness (QED) is 0.736. The molecule has 0 aliphatic rings. The van der Waals surface area contributed by atoms with E-state index in [1.807, 2.05) is 20.8 Å². The van der Waals surface area contributed by atoms with E-state index in [0.717, 1.165) is 0 Å². The molecule has 1 aromatic rings. The van der Waals surface area contributed by atoms with E-state index in [1.165, 1.54) is 10.6 Å². The van der Waals surface area contributed by atoms with Crippen molar-refractivity contribution in [1.29, 1.82) is 0 Å². The van der Waals surface area contributed by atoms with Gasteiger partial charge in [0.15, 0.2) is 0 Å². The van der Waals surface area contributed by atoms with Gasteiger partial charge < -0.3 is 9.30 Å². The molecule has 1 unspecified atom stereocenters. The summed E-state index contributed by atoms with van der Waals surface area (Å²) in [4.78, 5) is 23.5. The highest BCUT2D eigenvalue weighted by Crippen LogP contribution is 2.11. The van der Waals surface area contributed by atoms with E-state index in [4.69, 9.17) is 4.74 Å². The zero-order valence-electron chi connectivity index (χ0n) is 10.6. The number of ether oxygens (including phenoxy) is 1. The van der Waals surface area contributed by atoms with Gasteiger partial charge in [0, 0.05) is 12.3 Å². The minimum absolute atomic E-state index is 0.180. The Bertz CT molecular complexity index is 423. The number of rotatable bonds is 5. The number of hydrogen-bond donors (Lipinski definition) is 0. The number of carbonyl (C=O) groups excluding carboxylic acids is 1. The van der Waals surface area contributed by atoms with Crippen LogP contribution in [0.4, 0.5) is 0 Å². The minimum Gasteiger partial charge on any atom is -0.464 e. The Labute approximate surface area is 101 Å². The number of nitrogens with zero attached hydrogens (tertiary/aromatic N) is 1. The average Bonchev–Trinajstić information content (AvgIpc) is 2.30. The summed E-state index contributed by atoms with van der Waals surface area (Å²) < 4.78 is 6.59. The maximum absolute atomic E-state index is 11.8. The molecule has 0 N–H and O–H groups in total. The molecule has 0 aliphatic carbocycles. The lowest BCUT2D eigenvalue weighted by Crippen LogP contribution is -2.30. The summed E-state index contributed by atoms with van der Waals surface area (Å²) in [6.07, 6.45) is 2.16. The van der Waals surface area contributed by atoms with E-state index in [1.54, 1.807) is 18.3 Å². The van der Waals surface area contributed by atoms with Gasteiger partial charge in [-0.05, 0) is 18.4 Å². The summed E-state index contributed by atoms with van der Waals surface area (Å²) in [5, 5.41) is 0. The molecular formula is C13H19NO3. The fourth-order valence-corrected chi connectivity index (χ4v) is 1.52. The number of pyridine rings is 1. The molecule has 0 aromatic carbocycles. The third kappa shape index (κ3) is 3.73. The van der Waals surface area contributed by atoms with Gasteiger partial charge in [-0.2, -0.15) is 0 Å². The number of carbonyl (C=O) groups is 1. The minimum atomic E-state index is -0.526. The molecule has 0 amide bonds. The molecule has 1 aromatic heterocycles. The summed E-state index contributed by atoms with van der Waals surface area (Å²) in [5.74, 6) is -0.0431. The van der Waals surface area contributed by atoms with Crippen LogP contribution >= 0.6 is 0 Å². The monoisotopic (exact) mass is 237 g/mol. The standard InChI is InChI=1S/C13H19NO3/c1-4-11(13(16)17-9-10(2)3)14-8-6-5-7-12(14)15/h5-8,10-11H,4,9H2,1-3H3. The number of esters is 1. The van der Waals surface area contributed by atoms with Gasteiger partial charge in [0.2, 0.25) is 0 Å². The molecule has 0 saturated carbocycles. The first-order chi connectivity index (χ1) is 8.06. The first-order valence-corrected chi connectivity index (χ1v) is 5.90. The smallest absolute Gasteiger partial charge is 0.329 e. The summed E-state index contributed by atoms with van der Waals surface area (Å²) in [6.45, 7) is 6.20. The molecular weight excluding hydrogens is 218 g/mol. The molecule has 0 aliphatic heterocycles. The van der Waals surface area contributed by atoms with E-state index >= 15 is 0 Å². The molecule has 0 bridgehead atoms. The van der Waals surface area contributed by atoms with Crippen molar-refractivity contribution >= 4 is 5.97 Å². The van der Waals surface area contributed by atoms with Gasteiger partial charge in [-0.15, -0.1) is 0 Å². The van der Waals surface area contributed by atoms with Crippen LogP contribution in [0.25, 0.3) is 0 Å². The predicted octanol–water partition coefficient (Wildman–Crippen LogP) is 2.00. The molecule has 1 rings (SSSR count). The van der Waals surface area contributed by atoms with Gasteiger partial charge >= 0.3 is 5.97 Å². The van der Waals surface area contributed by atoms with Crippen LogP contribution in [0.3, 0.4) is 0 Å². The van der Waals surface area contributed by atoms with Crippen molar-refractivity contribution in [3.05, 3.63) is 34.7 Å². The van der Waals surface area contributed by atoms with Gasteiger partial charge in [-0.1, -0.05) is 26.8 Å². The van der Waals surface area contributed by atoms with Crippen molar-refractivity contribution in [1.82, 2.24) is 4.57 Å². The SMILES string of the molecule is CCC(C(=O)OCC(C)C)n1ccccc1=O. The van der Waals surface area contributed by atoms with Gasteiger partial charge in [-0.3, -0.25) is 4.79 Å². The lowest BCUT2D eigenvalue weighted by molar-refractivity contribution is -0.149. The van der Waals surface area contributed by atoms with E-state index < -0.39 is 6.04 Å². The highest BCUT2D eigenvalue weighted by molar-refractivity contribution is 5.74. The predicted molar refractivity (Wildman–Crippen MR) is 65.8 cm³/mol. The van der Waals surface area contributed by atoms with Crippen molar-refractivity contribution in [2.75, 3.05) is 6.61 Å². The average molecular weight is 237 g/mol. The molecule has 0 saturated heterocycles. The molecule has 0 radical (unpaired) electrons. The second-order valence-electron chi connectivity index (χ2n) is 4.39.